The number of hydrogen-bond donors (Lipinski definition) is 2. The zero-order valence-corrected chi connectivity index (χ0v) is 10.5. The molecule has 1 aromatic heterocycles. The first-order chi connectivity index (χ1) is 8.09. The molecule has 7 nitrogen and oxygen atoms in total. The quantitative estimate of drug-likeness (QED) is 0.753. The van der Waals surface area contributed by atoms with Crippen LogP contribution < -0.4 is 9.46 Å². The minimum Gasteiger partial charge on any atom is -0.463 e. The molecule has 1 aliphatic carbocycles. The fourth-order valence-electron chi connectivity index (χ4n) is 1.41. The number of rotatable bonds is 7. The maximum atomic E-state index is 11.7. The van der Waals surface area contributed by atoms with Crippen molar-refractivity contribution in [3.63, 3.8) is 0 Å². The van der Waals surface area contributed by atoms with Gasteiger partial charge in [-0.15, -0.1) is 5.10 Å². The minimum absolute atomic E-state index is 0.101. The SMILES string of the molecule is CCOc1n[nH]c(NS(=O)(=O)CCC2CC2)n1. The Hall–Kier alpha value is -1.31. The predicted octanol–water partition coefficient (Wildman–Crippen LogP) is 0.745. The molecule has 1 aromatic rings. The first-order valence-corrected chi connectivity index (χ1v) is 7.30. The molecular weight excluding hydrogens is 244 g/mol. The largest absolute Gasteiger partial charge is 0.463 e. The van der Waals surface area contributed by atoms with Crippen molar-refractivity contribution in [3.8, 4) is 6.01 Å². The van der Waals surface area contributed by atoms with Crippen molar-refractivity contribution >= 4 is 16.0 Å². The zero-order valence-electron chi connectivity index (χ0n) is 9.64. The van der Waals surface area contributed by atoms with E-state index in [4.69, 9.17) is 4.74 Å². The van der Waals surface area contributed by atoms with Crippen LogP contribution in [-0.2, 0) is 10.0 Å². The fraction of sp³-hybridized carbons (Fsp3) is 0.778. The number of ether oxygens (including phenoxy) is 1. The average molecular weight is 260 g/mol. The average Bonchev–Trinajstić information content (AvgIpc) is 2.99. The van der Waals surface area contributed by atoms with E-state index in [0.29, 0.717) is 18.9 Å². The Kier molecular flexibility index (Phi) is 3.51. The van der Waals surface area contributed by atoms with Crippen LogP contribution in [0.1, 0.15) is 26.2 Å². The number of nitrogens with one attached hydrogen (secondary N) is 2. The number of hydrogen-bond acceptors (Lipinski definition) is 5. The van der Waals surface area contributed by atoms with Gasteiger partial charge >= 0.3 is 6.01 Å². The van der Waals surface area contributed by atoms with Crippen LogP contribution in [0.2, 0.25) is 0 Å². The van der Waals surface area contributed by atoms with Crippen molar-refractivity contribution in [1.29, 1.82) is 0 Å². The standard InChI is InChI=1S/C9H16N4O3S/c1-2-16-9-10-8(11-12-9)13-17(14,15)6-5-7-3-4-7/h7H,2-6H2,1H3,(H2,10,11,12,13). The van der Waals surface area contributed by atoms with Crippen LogP contribution in [0, 0.1) is 5.92 Å². The van der Waals surface area contributed by atoms with E-state index in [-0.39, 0.29) is 17.7 Å². The lowest BCUT2D eigenvalue weighted by Gasteiger charge is -2.03. The molecule has 96 valence electrons. The molecule has 17 heavy (non-hydrogen) atoms. The fourth-order valence-corrected chi connectivity index (χ4v) is 2.54. The van der Waals surface area contributed by atoms with Gasteiger partial charge in [0.15, 0.2) is 0 Å². The highest BCUT2D eigenvalue weighted by molar-refractivity contribution is 7.92. The highest BCUT2D eigenvalue weighted by Crippen LogP contribution is 2.32. The van der Waals surface area contributed by atoms with E-state index in [0.717, 1.165) is 12.8 Å². The van der Waals surface area contributed by atoms with Crippen LogP contribution in [0.5, 0.6) is 6.01 Å². The van der Waals surface area contributed by atoms with Gasteiger partial charge in [0.05, 0.1) is 12.4 Å². The third kappa shape index (κ3) is 3.88. The summed E-state index contributed by atoms with van der Waals surface area (Å²) < 4.78 is 30.7. The first kappa shape index (κ1) is 12.2. The summed E-state index contributed by atoms with van der Waals surface area (Å²) in [7, 11) is -3.33. The van der Waals surface area contributed by atoms with Crippen molar-refractivity contribution < 1.29 is 13.2 Å². The van der Waals surface area contributed by atoms with Crippen LogP contribution in [0.25, 0.3) is 0 Å². The van der Waals surface area contributed by atoms with E-state index in [1.165, 1.54) is 0 Å². The van der Waals surface area contributed by atoms with Gasteiger partial charge < -0.3 is 4.74 Å². The van der Waals surface area contributed by atoms with E-state index in [2.05, 4.69) is 19.9 Å². The maximum Gasteiger partial charge on any atom is 0.337 e. The highest BCUT2D eigenvalue weighted by Gasteiger charge is 2.24. The van der Waals surface area contributed by atoms with E-state index in [1.807, 2.05) is 0 Å². The van der Waals surface area contributed by atoms with Crippen LogP contribution in [0.3, 0.4) is 0 Å². The lowest BCUT2D eigenvalue weighted by molar-refractivity contribution is 0.314. The molecule has 1 saturated carbocycles. The monoisotopic (exact) mass is 260 g/mol. The van der Waals surface area contributed by atoms with Crippen molar-refractivity contribution in [2.75, 3.05) is 17.1 Å². The molecule has 8 heteroatoms. The molecule has 2 rings (SSSR count). The molecule has 1 fully saturated rings. The molecule has 0 amide bonds. The maximum absolute atomic E-state index is 11.7. The summed E-state index contributed by atoms with van der Waals surface area (Å²) in [6, 6.07) is 0.146. The van der Waals surface area contributed by atoms with Crippen LogP contribution in [0.4, 0.5) is 5.95 Å². The topological polar surface area (TPSA) is 97.0 Å². The van der Waals surface area contributed by atoms with Gasteiger partial charge in [-0.05, 0) is 19.3 Å². The van der Waals surface area contributed by atoms with Gasteiger partial charge in [-0.25, -0.2) is 13.5 Å². The number of sulfonamides is 1. The van der Waals surface area contributed by atoms with Crippen molar-refractivity contribution in [2.24, 2.45) is 5.92 Å². The molecule has 1 aliphatic rings. The summed E-state index contributed by atoms with van der Waals surface area (Å²) in [4.78, 5) is 3.85. The Labute approximate surface area is 100 Å². The lowest BCUT2D eigenvalue weighted by atomic mass is 10.3. The Morgan fingerprint density at radius 1 is 1.53 bits per heavy atom. The Balaban J connectivity index is 1.88. The third-order valence-corrected chi connectivity index (χ3v) is 3.76. The normalized spacial score (nSPS) is 15.8. The third-order valence-electron chi connectivity index (χ3n) is 2.48. The molecule has 0 radical (unpaired) electrons. The van der Waals surface area contributed by atoms with E-state index in [9.17, 15) is 8.42 Å². The summed E-state index contributed by atoms with van der Waals surface area (Å²) in [5, 5.41) is 6.19. The highest BCUT2D eigenvalue weighted by atomic mass is 32.2. The van der Waals surface area contributed by atoms with Gasteiger partial charge in [-0.3, -0.25) is 4.72 Å². The number of aromatic amines is 1. The van der Waals surface area contributed by atoms with Crippen molar-refractivity contribution in [1.82, 2.24) is 15.2 Å². The molecule has 1 heterocycles. The summed E-state index contributed by atoms with van der Waals surface area (Å²) in [5.74, 6) is 0.812. The number of nitrogens with zero attached hydrogens (tertiary/aromatic N) is 2. The zero-order chi connectivity index (χ0) is 12.3. The molecule has 0 unspecified atom stereocenters. The van der Waals surface area contributed by atoms with Crippen molar-refractivity contribution in [2.45, 2.75) is 26.2 Å². The second-order valence-corrected chi connectivity index (χ2v) is 5.89. The number of H-pyrrole nitrogens is 1. The number of anilines is 1. The molecule has 0 bridgehead atoms. The van der Waals surface area contributed by atoms with Crippen molar-refractivity contribution in [3.05, 3.63) is 0 Å². The molecule has 2 N–H and O–H groups in total. The summed E-state index contributed by atoms with van der Waals surface area (Å²) in [5.41, 5.74) is 0. The number of aromatic nitrogens is 3. The molecule has 0 spiro atoms. The van der Waals surface area contributed by atoms with Gasteiger partial charge in [0.25, 0.3) is 0 Å². The Morgan fingerprint density at radius 3 is 2.94 bits per heavy atom. The Morgan fingerprint density at radius 2 is 2.29 bits per heavy atom. The second-order valence-electron chi connectivity index (χ2n) is 4.05. The van der Waals surface area contributed by atoms with Gasteiger partial charge in [-0.2, -0.15) is 4.98 Å². The van der Waals surface area contributed by atoms with Gasteiger partial charge in [0.2, 0.25) is 16.0 Å². The second kappa shape index (κ2) is 4.91. The van der Waals surface area contributed by atoms with Crippen LogP contribution in [-0.4, -0.2) is 36.0 Å². The van der Waals surface area contributed by atoms with E-state index >= 15 is 0 Å². The van der Waals surface area contributed by atoms with E-state index < -0.39 is 10.0 Å². The lowest BCUT2D eigenvalue weighted by Crippen LogP contribution is -2.17. The van der Waals surface area contributed by atoms with Crippen LogP contribution >= 0.6 is 0 Å². The molecule has 0 saturated heterocycles. The molecule has 0 aliphatic heterocycles. The Bertz CT molecular complexity index is 466. The summed E-state index contributed by atoms with van der Waals surface area (Å²) >= 11 is 0. The minimum atomic E-state index is -3.33. The van der Waals surface area contributed by atoms with Crippen LogP contribution in [0.15, 0.2) is 0 Å². The summed E-state index contributed by atoms with van der Waals surface area (Å²) in [6.07, 6.45) is 3.00. The van der Waals surface area contributed by atoms with Gasteiger partial charge in [0.1, 0.15) is 0 Å². The summed E-state index contributed by atoms with van der Waals surface area (Å²) in [6.45, 7) is 2.24. The van der Waals surface area contributed by atoms with Gasteiger partial charge in [0, 0.05) is 0 Å². The molecular formula is C9H16N4O3S. The smallest absolute Gasteiger partial charge is 0.337 e. The van der Waals surface area contributed by atoms with E-state index in [1.54, 1.807) is 6.92 Å². The first-order valence-electron chi connectivity index (χ1n) is 5.65. The van der Waals surface area contributed by atoms with Gasteiger partial charge in [-0.1, -0.05) is 12.8 Å². The molecule has 0 atom stereocenters. The predicted molar refractivity (Wildman–Crippen MR) is 62.3 cm³/mol. The molecule has 0 aromatic carbocycles.